The molecule has 1 N–H and O–H groups in total. The molecule has 0 aliphatic heterocycles. The van der Waals surface area contributed by atoms with Gasteiger partial charge in [-0.15, -0.1) is 0 Å². The van der Waals surface area contributed by atoms with Crippen LogP contribution in [0.5, 0.6) is 5.75 Å². The molecule has 0 saturated carbocycles. The van der Waals surface area contributed by atoms with Crippen LogP contribution in [0.25, 0.3) is 0 Å². The van der Waals surface area contributed by atoms with Gasteiger partial charge in [0.15, 0.2) is 0 Å². The summed E-state index contributed by atoms with van der Waals surface area (Å²) in [5, 5.41) is 6.99. The van der Waals surface area contributed by atoms with Crippen LogP contribution in [0.2, 0.25) is 0 Å². The van der Waals surface area contributed by atoms with E-state index in [9.17, 15) is 4.79 Å². The number of nitrogens with one attached hydrogen (secondary N) is 1. The molecule has 0 aliphatic rings. The molecule has 0 saturated heterocycles. The number of benzene rings is 2. The van der Waals surface area contributed by atoms with Gasteiger partial charge in [0.05, 0.1) is 13.7 Å². The fraction of sp³-hybridized carbons (Fsp3) is 0.167. The molecule has 6 nitrogen and oxygen atoms in total. The van der Waals surface area contributed by atoms with Gasteiger partial charge in [0, 0.05) is 12.1 Å². The summed E-state index contributed by atoms with van der Waals surface area (Å²) in [6.07, 6.45) is 3.20. The number of rotatable bonds is 6. The molecule has 0 atom stereocenters. The number of hydrogen-bond donors (Lipinski definition) is 1. The summed E-state index contributed by atoms with van der Waals surface area (Å²) >= 11 is 0. The van der Waals surface area contributed by atoms with Gasteiger partial charge in [-0.1, -0.05) is 24.3 Å². The maximum absolute atomic E-state index is 12.1. The van der Waals surface area contributed by atoms with Crippen molar-refractivity contribution in [1.29, 1.82) is 0 Å². The lowest BCUT2D eigenvalue weighted by Crippen LogP contribution is -2.22. The Kier molecular flexibility index (Phi) is 4.86. The van der Waals surface area contributed by atoms with E-state index in [2.05, 4.69) is 15.4 Å². The number of methoxy groups -OCH3 is 1. The third-order valence-electron chi connectivity index (χ3n) is 3.64. The molecule has 0 spiro atoms. The van der Waals surface area contributed by atoms with Gasteiger partial charge in [-0.2, -0.15) is 5.10 Å². The van der Waals surface area contributed by atoms with Gasteiger partial charge in [-0.25, -0.2) is 9.67 Å². The first kappa shape index (κ1) is 15.7. The van der Waals surface area contributed by atoms with E-state index in [4.69, 9.17) is 4.74 Å². The molecule has 24 heavy (non-hydrogen) atoms. The van der Waals surface area contributed by atoms with E-state index in [-0.39, 0.29) is 5.91 Å². The summed E-state index contributed by atoms with van der Waals surface area (Å²) in [4.78, 5) is 16.0. The monoisotopic (exact) mass is 322 g/mol. The SMILES string of the molecule is COc1ccc(C(=O)NCc2ccc(Cn3cncn3)cc2)cc1. The maximum atomic E-state index is 12.1. The molecule has 0 bridgehead atoms. The van der Waals surface area contributed by atoms with Crippen molar-refractivity contribution in [1.82, 2.24) is 20.1 Å². The van der Waals surface area contributed by atoms with Crippen LogP contribution >= 0.6 is 0 Å². The van der Waals surface area contributed by atoms with Crippen LogP contribution < -0.4 is 10.1 Å². The molecule has 0 fully saturated rings. The number of carbonyl (C=O) groups excluding carboxylic acids is 1. The second-order valence-corrected chi connectivity index (χ2v) is 5.32. The summed E-state index contributed by atoms with van der Waals surface area (Å²) in [7, 11) is 1.60. The van der Waals surface area contributed by atoms with Crippen LogP contribution in [-0.4, -0.2) is 27.8 Å². The van der Waals surface area contributed by atoms with Gasteiger partial charge in [-0.05, 0) is 35.4 Å². The minimum absolute atomic E-state index is 0.107. The zero-order valence-electron chi connectivity index (χ0n) is 13.3. The largest absolute Gasteiger partial charge is 0.497 e. The van der Waals surface area contributed by atoms with Crippen LogP contribution in [0, 0.1) is 0 Å². The predicted molar refractivity (Wildman–Crippen MR) is 89.7 cm³/mol. The van der Waals surface area contributed by atoms with Gasteiger partial charge in [0.1, 0.15) is 18.4 Å². The highest BCUT2D eigenvalue weighted by molar-refractivity contribution is 5.94. The average Bonchev–Trinajstić information content (AvgIpc) is 3.14. The van der Waals surface area contributed by atoms with Gasteiger partial charge >= 0.3 is 0 Å². The number of amides is 1. The van der Waals surface area contributed by atoms with E-state index in [1.807, 2.05) is 24.3 Å². The van der Waals surface area contributed by atoms with Crippen molar-refractivity contribution in [3.63, 3.8) is 0 Å². The van der Waals surface area contributed by atoms with Crippen molar-refractivity contribution >= 4 is 5.91 Å². The molecule has 0 unspecified atom stereocenters. The van der Waals surface area contributed by atoms with Gasteiger partial charge in [0.25, 0.3) is 5.91 Å². The van der Waals surface area contributed by atoms with Crippen molar-refractivity contribution in [2.75, 3.05) is 7.11 Å². The van der Waals surface area contributed by atoms with Crippen LogP contribution in [0.1, 0.15) is 21.5 Å². The molecule has 3 aromatic rings. The molecule has 0 aliphatic carbocycles. The van der Waals surface area contributed by atoms with E-state index in [1.165, 1.54) is 6.33 Å². The fourth-order valence-corrected chi connectivity index (χ4v) is 2.29. The molecule has 1 aromatic heterocycles. The smallest absolute Gasteiger partial charge is 0.251 e. The first-order valence-electron chi connectivity index (χ1n) is 7.57. The Morgan fingerprint density at radius 1 is 1.08 bits per heavy atom. The Morgan fingerprint density at radius 2 is 1.79 bits per heavy atom. The molecule has 2 aromatic carbocycles. The molecule has 0 radical (unpaired) electrons. The molecule has 3 rings (SSSR count). The van der Waals surface area contributed by atoms with Crippen molar-refractivity contribution in [2.24, 2.45) is 0 Å². The second-order valence-electron chi connectivity index (χ2n) is 5.32. The van der Waals surface area contributed by atoms with Crippen molar-refractivity contribution in [2.45, 2.75) is 13.1 Å². The van der Waals surface area contributed by atoms with E-state index in [1.54, 1.807) is 42.4 Å². The van der Waals surface area contributed by atoms with Crippen LogP contribution in [-0.2, 0) is 13.1 Å². The summed E-state index contributed by atoms with van der Waals surface area (Å²) in [6.45, 7) is 1.16. The number of hydrogen-bond acceptors (Lipinski definition) is 4. The highest BCUT2D eigenvalue weighted by Gasteiger charge is 2.05. The Morgan fingerprint density at radius 3 is 2.42 bits per heavy atom. The molecule has 1 heterocycles. The minimum Gasteiger partial charge on any atom is -0.497 e. The third-order valence-corrected chi connectivity index (χ3v) is 3.64. The molecule has 6 heteroatoms. The summed E-state index contributed by atoms with van der Waals surface area (Å²) in [6, 6.07) is 15.1. The predicted octanol–water partition coefficient (Wildman–Crippen LogP) is 2.27. The second kappa shape index (κ2) is 7.41. The van der Waals surface area contributed by atoms with Crippen LogP contribution in [0.3, 0.4) is 0 Å². The van der Waals surface area contributed by atoms with Gasteiger partial charge < -0.3 is 10.1 Å². The number of carbonyl (C=O) groups is 1. The lowest BCUT2D eigenvalue weighted by Gasteiger charge is -2.07. The van der Waals surface area contributed by atoms with Gasteiger partial charge in [0.2, 0.25) is 0 Å². The van der Waals surface area contributed by atoms with Crippen LogP contribution in [0.4, 0.5) is 0 Å². The lowest BCUT2D eigenvalue weighted by atomic mass is 10.1. The Hall–Kier alpha value is -3.15. The fourth-order valence-electron chi connectivity index (χ4n) is 2.29. The highest BCUT2D eigenvalue weighted by Crippen LogP contribution is 2.11. The zero-order chi connectivity index (χ0) is 16.8. The van der Waals surface area contributed by atoms with E-state index in [0.717, 1.165) is 16.9 Å². The summed E-state index contributed by atoms with van der Waals surface area (Å²) in [5.74, 6) is 0.624. The Labute approximate surface area is 140 Å². The molecule has 122 valence electrons. The average molecular weight is 322 g/mol. The van der Waals surface area contributed by atoms with E-state index >= 15 is 0 Å². The van der Waals surface area contributed by atoms with Gasteiger partial charge in [-0.3, -0.25) is 4.79 Å². The van der Waals surface area contributed by atoms with Crippen molar-refractivity contribution in [3.05, 3.63) is 77.9 Å². The number of aromatic nitrogens is 3. The zero-order valence-corrected chi connectivity index (χ0v) is 13.3. The standard InChI is InChI=1S/C18H18N4O2/c1-24-17-8-6-16(7-9-17)18(23)20-10-14-2-4-15(5-3-14)11-22-13-19-12-21-22/h2-9,12-13H,10-11H2,1H3,(H,20,23). The Bertz CT molecular complexity index is 781. The molecule has 1 amide bonds. The lowest BCUT2D eigenvalue weighted by molar-refractivity contribution is 0.0951. The highest BCUT2D eigenvalue weighted by atomic mass is 16.5. The first-order chi connectivity index (χ1) is 11.7. The number of nitrogens with zero attached hydrogens (tertiary/aromatic N) is 3. The van der Waals surface area contributed by atoms with E-state index < -0.39 is 0 Å². The van der Waals surface area contributed by atoms with Crippen molar-refractivity contribution in [3.8, 4) is 5.75 Å². The van der Waals surface area contributed by atoms with Crippen molar-refractivity contribution < 1.29 is 9.53 Å². The quantitative estimate of drug-likeness (QED) is 0.756. The molecular formula is C18H18N4O2. The van der Waals surface area contributed by atoms with Crippen LogP contribution in [0.15, 0.2) is 61.2 Å². The number of ether oxygens (including phenoxy) is 1. The topological polar surface area (TPSA) is 69.0 Å². The summed E-state index contributed by atoms with van der Waals surface area (Å²) in [5.41, 5.74) is 2.78. The Balaban J connectivity index is 1.54. The summed E-state index contributed by atoms with van der Waals surface area (Å²) < 4.78 is 6.85. The first-order valence-corrected chi connectivity index (χ1v) is 7.57. The van der Waals surface area contributed by atoms with E-state index in [0.29, 0.717) is 18.7 Å². The maximum Gasteiger partial charge on any atom is 0.251 e. The normalized spacial score (nSPS) is 10.4. The minimum atomic E-state index is -0.107. The third kappa shape index (κ3) is 3.98. The molecular weight excluding hydrogens is 304 g/mol.